The van der Waals surface area contributed by atoms with Gasteiger partial charge in [-0.25, -0.2) is 9.78 Å². The van der Waals surface area contributed by atoms with Crippen molar-refractivity contribution in [2.75, 3.05) is 6.61 Å². The van der Waals surface area contributed by atoms with Gasteiger partial charge in [-0.1, -0.05) is 56.3 Å². The predicted octanol–water partition coefficient (Wildman–Crippen LogP) is 5.24. The van der Waals surface area contributed by atoms with Crippen molar-refractivity contribution in [1.82, 2.24) is 14.9 Å². The van der Waals surface area contributed by atoms with Crippen molar-refractivity contribution < 1.29 is 13.9 Å². The van der Waals surface area contributed by atoms with Crippen molar-refractivity contribution in [2.45, 2.75) is 19.9 Å². The molecular formula is C29H27N3O4. The molecule has 0 saturated carbocycles. The fourth-order valence-corrected chi connectivity index (χ4v) is 4.43. The summed E-state index contributed by atoms with van der Waals surface area (Å²) < 4.78 is 13.2. The number of aromatic nitrogens is 2. The molecule has 2 heterocycles. The molecule has 0 radical (unpaired) electrons. The monoisotopic (exact) mass is 481 g/mol. The topological polar surface area (TPSA) is 86.4 Å². The zero-order chi connectivity index (χ0) is 25.2. The van der Waals surface area contributed by atoms with Crippen LogP contribution in [0.1, 0.15) is 25.7 Å². The van der Waals surface area contributed by atoms with Crippen molar-refractivity contribution in [3.8, 4) is 16.9 Å². The summed E-state index contributed by atoms with van der Waals surface area (Å²) in [5.74, 6) is 1.09. The highest BCUT2D eigenvalue weighted by molar-refractivity contribution is 5.93. The lowest BCUT2D eigenvalue weighted by atomic mass is 10.0. The van der Waals surface area contributed by atoms with Gasteiger partial charge in [-0.3, -0.25) is 4.79 Å². The molecule has 0 aliphatic rings. The average Bonchev–Trinajstić information content (AvgIpc) is 3.21. The second kappa shape index (κ2) is 9.70. The van der Waals surface area contributed by atoms with Crippen LogP contribution in [0, 0.1) is 5.92 Å². The molecule has 0 spiro atoms. The molecule has 0 bridgehead atoms. The fourth-order valence-electron chi connectivity index (χ4n) is 4.43. The van der Waals surface area contributed by atoms with Crippen molar-refractivity contribution in [2.24, 2.45) is 13.0 Å². The number of ether oxygens (including phenoxy) is 1. The maximum absolute atomic E-state index is 12.8. The van der Waals surface area contributed by atoms with Gasteiger partial charge in [-0.2, -0.15) is 0 Å². The minimum absolute atomic E-state index is 0.121. The van der Waals surface area contributed by atoms with E-state index in [-0.39, 0.29) is 24.5 Å². The van der Waals surface area contributed by atoms with Crippen LogP contribution in [0.2, 0.25) is 0 Å². The van der Waals surface area contributed by atoms with Crippen LogP contribution in [0.15, 0.2) is 88.1 Å². The zero-order valence-electron chi connectivity index (χ0n) is 20.4. The number of imidazole rings is 1. The molecule has 1 unspecified atom stereocenters. The van der Waals surface area contributed by atoms with Crippen LogP contribution in [0.5, 0.6) is 5.75 Å². The molecule has 0 aliphatic carbocycles. The molecule has 1 amide bonds. The molecule has 2 aromatic heterocycles. The Balaban J connectivity index is 1.33. The summed E-state index contributed by atoms with van der Waals surface area (Å²) in [6, 6.07) is 24.0. The van der Waals surface area contributed by atoms with Crippen molar-refractivity contribution in [3.05, 3.63) is 95.1 Å². The smallest absolute Gasteiger partial charge is 0.336 e. The Morgan fingerprint density at radius 1 is 1.03 bits per heavy atom. The lowest BCUT2D eigenvalue weighted by Crippen LogP contribution is -2.36. The first-order valence-electron chi connectivity index (χ1n) is 11.9. The van der Waals surface area contributed by atoms with E-state index in [2.05, 4.69) is 5.32 Å². The number of amides is 1. The number of aryl methyl sites for hydroxylation is 1. The molecular weight excluding hydrogens is 454 g/mol. The van der Waals surface area contributed by atoms with E-state index in [0.717, 1.165) is 33.4 Å². The minimum atomic E-state index is -0.446. The second-order valence-electron chi connectivity index (χ2n) is 9.10. The first kappa shape index (κ1) is 23.4. The molecule has 7 nitrogen and oxygen atoms in total. The van der Waals surface area contributed by atoms with Gasteiger partial charge in [-0.05, 0) is 41.3 Å². The number of hydrogen-bond donors (Lipinski definition) is 1. The number of benzene rings is 3. The third kappa shape index (κ3) is 4.60. The molecule has 0 fully saturated rings. The number of nitrogens with one attached hydrogen (secondary N) is 1. The quantitative estimate of drug-likeness (QED) is 0.321. The number of para-hydroxylation sites is 2. The van der Waals surface area contributed by atoms with E-state index in [1.807, 2.05) is 86.1 Å². The van der Waals surface area contributed by atoms with E-state index in [1.165, 1.54) is 6.07 Å². The minimum Gasteiger partial charge on any atom is -0.484 e. The van der Waals surface area contributed by atoms with E-state index < -0.39 is 5.63 Å². The Morgan fingerprint density at radius 2 is 1.78 bits per heavy atom. The summed E-state index contributed by atoms with van der Waals surface area (Å²) in [4.78, 5) is 29.8. The van der Waals surface area contributed by atoms with Gasteiger partial charge in [0.15, 0.2) is 6.61 Å². The molecule has 3 aromatic carbocycles. The Morgan fingerprint density at radius 3 is 2.53 bits per heavy atom. The molecule has 0 saturated heterocycles. The van der Waals surface area contributed by atoms with Crippen LogP contribution in [0.25, 0.3) is 33.1 Å². The number of carbonyl (C=O) groups excluding carboxylic acids is 1. The largest absolute Gasteiger partial charge is 0.484 e. The van der Waals surface area contributed by atoms with Gasteiger partial charge >= 0.3 is 5.63 Å². The van der Waals surface area contributed by atoms with Crippen LogP contribution in [0.4, 0.5) is 0 Å². The number of carbonyl (C=O) groups is 1. The summed E-state index contributed by atoms with van der Waals surface area (Å²) in [6.45, 7) is 3.91. The van der Waals surface area contributed by atoms with Crippen LogP contribution < -0.4 is 15.7 Å². The maximum Gasteiger partial charge on any atom is 0.336 e. The summed E-state index contributed by atoms with van der Waals surface area (Å²) >= 11 is 0. The van der Waals surface area contributed by atoms with E-state index in [0.29, 0.717) is 11.3 Å². The molecule has 36 heavy (non-hydrogen) atoms. The van der Waals surface area contributed by atoms with Crippen LogP contribution in [0.3, 0.4) is 0 Å². The summed E-state index contributed by atoms with van der Waals surface area (Å²) in [6.07, 6.45) is 0. The van der Waals surface area contributed by atoms with Crippen LogP contribution in [-0.2, 0) is 11.8 Å². The highest BCUT2D eigenvalue weighted by Gasteiger charge is 2.24. The average molecular weight is 482 g/mol. The van der Waals surface area contributed by atoms with Crippen LogP contribution >= 0.6 is 0 Å². The van der Waals surface area contributed by atoms with Gasteiger partial charge in [0.2, 0.25) is 0 Å². The molecule has 182 valence electrons. The lowest BCUT2D eigenvalue weighted by Gasteiger charge is -2.22. The van der Waals surface area contributed by atoms with Crippen molar-refractivity contribution in [1.29, 1.82) is 0 Å². The highest BCUT2D eigenvalue weighted by Crippen LogP contribution is 2.30. The van der Waals surface area contributed by atoms with Crippen LogP contribution in [-0.4, -0.2) is 22.1 Å². The maximum atomic E-state index is 12.8. The fraction of sp³-hybridized carbons (Fsp3) is 0.207. The first-order valence-corrected chi connectivity index (χ1v) is 11.9. The van der Waals surface area contributed by atoms with Gasteiger partial charge in [0.1, 0.15) is 17.2 Å². The van der Waals surface area contributed by atoms with Gasteiger partial charge in [-0.15, -0.1) is 0 Å². The first-order chi connectivity index (χ1) is 17.4. The summed E-state index contributed by atoms with van der Waals surface area (Å²) in [7, 11) is 1.95. The summed E-state index contributed by atoms with van der Waals surface area (Å²) in [5.41, 5.74) is 3.56. The third-order valence-corrected chi connectivity index (χ3v) is 6.25. The third-order valence-electron chi connectivity index (χ3n) is 6.25. The van der Waals surface area contributed by atoms with E-state index in [9.17, 15) is 9.59 Å². The molecule has 1 atom stereocenters. The van der Waals surface area contributed by atoms with E-state index in [1.54, 1.807) is 12.1 Å². The SMILES string of the molecule is CC(C)C(NC(=O)COc1ccc2c(-c3ccccc3)cc(=O)oc2c1)c1nc2ccccc2n1C. The van der Waals surface area contributed by atoms with Gasteiger partial charge < -0.3 is 19.0 Å². The molecule has 1 N–H and O–H groups in total. The number of rotatable bonds is 7. The standard InChI is InChI=1S/C29H27N3O4/c1-18(2)28(29-30-23-11-7-8-12-24(23)32(29)3)31-26(33)17-35-20-13-14-21-22(19-9-5-4-6-10-19)16-27(34)36-25(21)15-20/h4-16,18,28H,17H2,1-3H3,(H,31,33). The van der Waals surface area contributed by atoms with Gasteiger partial charge in [0, 0.05) is 24.6 Å². The highest BCUT2D eigenvalue weighted by atomic mass is 16.5. The number of hydrogen-bond acceptors (Lipinski definition) is 5. The molecule has 7 heteroatoms. The normalized spacial score (nSPS) is 12.2. The van der Waals surface area contributed by atoms with Crippen molar-refractivity contribution in [3.63, 3.8) is 0 Å². The Hall–Kier alpha value is -4.39. The van der Waals surface area contributed by atoms with Gasteiger partial charge in [0.05, 0.1) is 17.1 Å². The summed E-state index contributed by atoms with van der Waals surface area (Å²) in [5, 5.41) is 3.85. The predicted molar refractivity (Wildman–Crippen MR) is 140 cm³/mol. The van der Waals surface area contributed by atoms with E-state index in [4.69, 9.17) is 14.1 Å². The lowest BCUT2D eigenvalue weighted by molar-refractivity contribution is -0.124. The van der Waals surface area contributed by atoms with E-state index >= 15 is 0 Å². The molecule has 5 rings (SSSR count). The molecule has 5 aromatic rings. The van der Waals surface area contributed by atoms with Gasteiger partial charge in [0.25, 0.3) is 5.91 Å². The number of fused-ring (bicyclic) bond motifs is 2. The molecule has 0 aliphatic heterocycles. The second-order valence-corrected chi connectivity index (χ2v) is 9.10. The zero-order valence-corrected chi connectivity index (χ0v) is 20.4. The number of nitrogens with zero attached hydrogens (tertiary/aromatic N) is 2. The Labute approximate surface area is 208 Å². The Bertz CT molecular complexity index is 1600. The van der Waals surface area contributed by atoms with Crippen molar-refractivity contribution >= 4 is 27.9 Å². The Kier molecular flexibility index (Phi) is 6.29.